The number of carbonyl (C=O) groups is 2. The number of piperazine rings is 1. The van der Waals surface area contributed by atoms with Crippen molar-refractivity contribution < 1.29 is 19.4 Å². The van der Waals surface area contributed by atoms with Crippen LogP contribution in [0.1, 0.15) is 36.0 Å². The molecule has 0 spiro atoms. The third-order valence-corrected chi connectivity index (χ3v) is 5.96. The lowest BCUT2D eigenvalue weighted by Gasteiger charge is -2.36. The first kappa shape index (κ1) is 21.7. The van der Waals surface area contributed by atoms with Gasteiger partial charge in [0.1, 0.15) is 11.7 Å². The molecule has 1 aromatic heterocycles. The molecule has 3 heterocycles. The number of carbonyl (C=O) groups excluding carboxylic acids is 2. The van der Waals surface area contributed by atoms with Crippen LogP contribution in [0.4, 0.5) is 0 Å². The molecule has 0 saturated carbocycles. The van der Waals surface area contributed by atoms with Crippen molar-refractivity contribution in [2.75, 3.05) is 52.9 Å². The van der Waals surface area contributed by atoms with E-state index in [-0.39, 0.29) is 18.4 Å². The molecule has 2 aromatic rings. The zero-order chi connectivity index (χ0) is 22.2. The summed E-state index contributed by atoms with van der Waals surface area (Å²) in [6, 6.07) is 9.43. The van der Waals surface area contributed by atoms with Crippen molar-refractivity contribution in [2.24, 2.45) is 0 Å². The standard InChI is InChI=1S/C23H30N4O4/c1-23(2,30)22(29)27-12-13-31-20(15-27)19-14-17(16-6-4-5-7-18(16)24-19)21(28)26-10-8-25(3)9-11-26/h4-7,14,20,30H,8-13,15H2,1-3H3. The van der Waals surface area contributed by atoms with Crippen LogP contribution in [-0.2, 0) is 9.53 Å². The van der Waals surface area contributed by atoms with E-state index in [0.29, 0.717) is 37.5 Å². The quantitative estimate of drug-likeness (QED) is 0.796. The lowest BCUT2D eigenvalue weighted by molar-refractivity contribution is -0.155. The molecule has 4 rings (SSSR count). The number of amides is 2. The van der Waals surface area contributed by atoms with Gasteiger partial charge in [0.25, 0.3) is 11.8 Å². The number of morpholine rings is 1. The summed E-state index contributed by atoms with van der Waals surface area (Å²) in [5.74, 6) is -0.344. The lowest BCUT2D eigenvalue weighted by atomic mass is 10.0. The molecule has 2 aliphatic heterocycles. The van der Waals surface area contributed by atoms with Gasteiger partial charge in [0.15, 0.2) is 0 Å². The van der Waals surface area contributed by atoms with Gasteiger partial charge in [0.05, 0.1) is 29.9 Å². The van der Waals surface area contributed by atoms with Gasteiger partial charge in [-0.25, -0.2) is 4.98 Å². The SMILES string of the molecule is CN1CCN(C(=O)c2cc(C3CN(C(=O)C(C)(C)O)CCO3)nc3ccccc23)CC1. The van der Waals surface area contributed by atoms with E-state index in [0.717, 1.165) is 24.0 Å². The molecule has 31 heavy (non-hydrogen) atoms. The fourth-order valence-electron chi connectivity index (χ4n) is 4.12. The number of aliphatic hydroxyl groups is 1. The zero-order valence-electron chi connectivity index (χ0n) is 18.4. The van der Waals surface area contributed by atoms with Crippen LogP contribution in [0.25, 0.3) is 10.9 Å². The molecule has 2 aliphatic rings. The van der Waals surface area contributed by atoms with Gasteiger partial charge >= 0.3 is 0 Å². The van der Waals surface area contributed by atoms with Crippen molar-refractivity contribution in [3.8, 4) is 0 Å². The van der Waals surface area contributed by atoms with Crippen molar-refractivity contribution in [2.45, 2.75) is 25.6 Å². The molecular weight excluding hydrogens is 396 g/mol. The molecule has 0 radical (unpaired) electrons. The number of fused-ring (bicyclic) bond motifs is 1. The highest BCUT2D eigenvalue weighted by Gasteiger charge is 2.34. The van der Waals surface area contributed by atoms with E-state index < -0.39 is 11.7 Å². The van der Waals surface area contributed by atoms with Gasteiger partial charge < -0.3 is 24.5 Å². The van der Waals surface area contributed by atoms with E-state index in [2.05, 4.69) is 11.9 Å². The molecule has 1 atom stereocenters. The van der Waals surface area contributed by atoms with Crippen LogP contribution in [0.2, 0.25) is 0 Å². The van der Waals surface area contributed by atoms with E-state index in [1.165, 1.54) is 13.8 Å². The first-order valence-electron chi connectivity index (χ1n) is 10.7. The van der Waals surface area contributed by atoms with Crippen molar-refractivity contribution in [1.29, 1.82) is 0 Å². The molecule has 8 nitrogen and oxygen atoms in total. The minimum Gasteiger partial charge on any atom is -0.381 e. The monoisotopic (exact) mass is 426 g/mol. The maximum Gasteiger partial charge on any atom is 0.254 e. The predicted molar refractivity (Wildman–Crippen MR) is 117 cm³/mol. The molecule has 0 bridgehead atoms. The van der Waals surface area contributed by atoms with Gasteiger partial charge in [0.2, 0.25) is 0 Å². The van der Waals surface area contributed by atoms with Gasteiger partial charge in [-0.2, -0.15) is 0 Å². The smallest absolute Gasteiger partial charge is 0.254 e. The number of likely N-dealkylation sites (N-methyl/N-ethyl adjacent to an activating group) is 1. The topological polar surface area (TPSA) is 86.2 Å². The van der Waals surface area contributed by atoms with Crippen molar-refractivity contribution in [1.82, 2.24) is 19.7 Å². The average Bonchev–Trinajstić information content (AvgIpc) is 2.77. The van der Waals surface area contributed by atoms with Crippen LogP contribution in [-0.4, -0.2) is 95.1 Å². The Morgan fingerprint density at radius 3 is 2.52 bits per heavy atom. The Bertz CT molecular complexity index is 979. The number of aromatic nitrogens is 1. The second-order valence-corrected chi connectivity index (χ2v) is 8.88. The van der Waals surface area contributed by atoms with Gasteiger partial charge in [-0.15, -0.1) is 0 Å². The third-order valence-electron chi connectivity index (χ3n) is 5.96. The summed E-state index contributed by atoms with van der Waals surface area (Å²) in [6.45, 7) is 7.10. The van der Waals surface area contributed by atoms with E-state index in [1.807, 2.05) is 35.2 Å². The Morgan fingerprint density at radius 1 is 1.10 bits per heavy atom. The molecule has 166 valence electrons. The highest BCUT2D eigenvalue weighted by molar-refractivity contribution is 6.06. The number of hydrogen-bond acceptors (Lipinski definition) is 6. The summed E-state index contributed by atoms with van der Waals surface area (Å²) in [7, 11) is 2.06. The summed E-state index contributed by atoms with van der Waals surface area (Å²) in [4.78, 5) is 36.4. The summed E-state index contributed by atoms with van der Waals surface area (Å²) in [5.41, 5.74) is 0.525. The Morgan fingerprint density at radius 2 is 1.81 bits per heavy atom. The van der Waals surface area contributed by atoms with Crippen LogP contribution >= 0.6 is 0 Å². The van der Waals surface area contributed by atoms with E-state index in [1.54, 1.807) is 4.90 Å². The second-order valence-electron chi connectivity index (χ2n) is 8.88. The minimum atomic E-state index is -1.44. The number of ether oxygens (including phenoxy) is 1. The molecule has 2 saturated heterocycles. The van der Waals surface area contributed by atoms with Crippen molar-refractivity contribution in [3.05, 3.63) is 41.6 Å². The number of para-hydroxylation sites is 1. The maximum absolute atomic E-state index is 13.4. The fraction of sp³-hybridized carbons (Fsp3) is 0.522. The molecule has 0 aliphatic carbocycles. The van der Waals surface area contributed by atoms with Crippen molar-refractivity contribution in [3.63, 3.8) is 0 Å². The summed E-state index contributed by atoms with van der Waals surface area (Å²) in [6.07, 6.45) is -0.455. The first-order valence-corrected chi connectivity index (χ1v) is 10.7. The van der Waals surface area contributed by atoms with Crippen LogP contribution in [0.5, 0.6) is 0 Å². The van der Waals surface area contributed by atoms with Crippen LogP contribution < -0.4 is 0 Å². The molecule has 1 aromatic carbocycles. The summed E-state index contributed by atoms with van der Waals surface area (Å²) >= 11 is 0. The van der Waals surface area contributed by atoms with E-state index in [4.69, 9.17) is 9.72 Å². The number of benzene rings is 1. The van der Waals surface area contributed by atoms with Gasteiger partial charge in [-0.3, -0.25) is 9.59 Å². The maximum atomic E-state index is 13.4. The lowest BCUT2D eigenvalue weighted by Crippen LogP contribution is -2.50. The predicted octanol–water partition coefficient (Wildman–Crippen LogP) is 1.29. The normalized spacial score (nSPS) is 20.8. The Kier molecular flexibility index (Phi) is 5.96. The number of pyridine rings is 1. The number of hydrogen-bond donors (Lipinski definition) is 1. The van der Waals surface area contributed by atoms with E-state index >= 15 is 0 Å². The summed E-state index contributed by atoms with van der Waals surface area (Å²) in [5, 5.41) is 10.9. The van der Waals surface area contributed by atoms with E-state index in [9.17, 15) is 14.7 Å². The van der Waals surface area contributed by atoms with Crippen LogP contribution in [0.15, 0.2) is 30.3 Å². The van der Waals surface area contributed by atoms with Gasteiger partial charge in [-0.05, 0) is 33.0 Å². The Balaban J connectivity index is 1.66. The Labute approximate surface area is 182 Å². The number of rotatable bonds is 3. The molecule has 1 N–H and O–H groups in total. The van der Waals surface area contributed by atoms with Gasteiger partial charge in [0, 0.05) is 38.1 Å². The highest BCUT2D eigenvalue weighted by atomic mass is 16.5. The second kappa shape index (κ2) is 8.53. The summed E-state index contributed by atoms with van der Waals surface area (Å²) < 4.78 is 5.93. The van der Waals surface area contributed by atoms with Crippen molar-refractivity contribution >= 4 is 22.7 Å². The van der Waals surface area contributed by atoms with Crippen LogP contribution in [0, 0.1) is 0 Å². The fourth-order valence-corrected chi connectivity index (χ4v) is 4.12. The third kappa shape index (κ3) is 4.56. The minimum absolute atomic E-state index is 0.00631. The molecule has 8 heteroatoms. The number of nitrogens with zero attached hydrogens (tertiary/aromatic N) is 4. The largest absolute Gasteiger partial charge is 0.381 e. The molecule has 2 fully saturated rings. The zero-order valence-corrected chi connectivity index (χ0v) is 18.4. The molecular formula is C23H30N4O4. The van der Waals surface area contributed by atoms with Gasteiger partial charge in [-0.1, -0.05) is 18.2 Å². The average molecular weight is 427 g/mol. The Hall–Kier alpha value is -2.55. The molecule has 2 amide bonds. The molecule has 1 unspecified atom stereocenters. The first-order chi connectivity index (χ1) is 14.7. The highest BCUT2D eigenvalue weighted by Crippen LogP contribution is 2.28. The van der Waals surface area contributed by atoms with Crippen LogP contribution in [0.3, 0.4) is 0 Å².